The van der Waals surface area contributed by atoms with E-state index in [0.29, 0.717) is 16.8 Å². The Morgan fingerprint density at radius 3 is 2.00 bits per heavy atom. The molecule has 0 amide bonds. The number of hydrogen-bond donors (Lipinski definition) is 1. The fourth-order valence-electron chi connectivity index (χ4n) is 2.88. The number of hydrogen-bond acceptors (Lipinski definition) is 3. The molecule has 1 heterocycles. The predicted molar refractivity (Wildman–Crippen MR) is 84.7 cm³/mol. The second-order valence-corrected chi connectivity index (χ2v) is 6.81. The molecule has 0 aliphatic heterocycles. The van der Waals surface area contributed by atoms with E-state index in [0.717, 1.165) is 0 Å². The van der Waals surface area contributed by atoms with E-state index in [2.05, 4.69) is 5.10 Å². The van der Waals surface area contributed by atoms with Crippen molar-refractivity contribution in [1.29, 1.82) is 5.26 Å². The number of benzene rings is 1. The Labute approximate surface area is 158 Å². The fraction of sp³-hybridized carbons (Fsp3) is 0.333. The zero-order chi connectivity index (χ0) is 20.4. The molecule has 1 aromatic heterocycles. The van der Waals surface area contributed by atoms with Crippen LogP contribution in [0, 0.1) is 11.3 Å². The molecular weight excluding hydrogens is 421 g/mol. The molecule has 2 aromatic rings. The fourth-order valence-corrected chi connectivity index (χ4v) is 3.53. The first kappa shape index (κ1) is 19.6. The average molecular weight is 429 g/mol. The van der Waals surface area contributed by atoms with E-state index < -0.39 is 50.5 Å². The normalized spacial score (nSPS) is 16.3. The summed E-state index contributed by atoms with van der Waals surface area (Å²) in [6.45, 7) is 0. The van der Waals surface area contributed by atoms with Crippen molar-refractivity contribution in [2.24, 2.45) is 0 Å². The van der Waals surface area contributed by atoms with Crippen molar-refractivity contribution < 1.29 is 26.3 Å². The van der Waals surface area contributed by atoms with Crippen LogP contribution in [-0.2, 0) is 11.6 Å². The molecule has 0 radical (unpaired) electrons. The highest BCUT2D eigenvalue weighted by atomic mass is 35.5. The number of nitrogens with two attached hydrogens (primary N) is 1. The Morgan fingerprint density at radius 1 is 1.11 bits per heavy atom. The van der Waals surface area contributed by atoms with Gasteiger partial charge in [-0.15, -0.1) is 0 Å². The molecular formula is C15H8Cl2F6N4. The van der Waals surface area contributed by atoms with Crippen molar-refractivity contribution in [2.45, 2.75) is 30.6 Å². The first-order valence-corrected chi connectivity index (χ1v) is 8.01. The minimum atomic E-state index is -4.74. The quantitative estimate of drug-likeness (QED) is 0.664. The highest BCUT2D eigenvalue weighted by Crippen LogP contribution is 2.61. The van der Waals surface area contributed by atoms with Crippen LogP contribution in [0.2, 0.25) is 10.0 Å². The molecule has 27 heavy (non-hydrogen) atoms. The Balaban J connectivity index is 2.23. The topological polar surface area (TPSA) is 67.6 Å². The smallest absolute Gasteiger partial charge is 0.383 e. The molecule has 0 atom stereocenters. The van der Waals surface area contributed by atoms with Gasteiger partial charge >= 0.3 is 12.4 Å². The second-order valence-electron chi connectivity index (χ2n) is 6.00. The van der Waals surface area contributed by atoms with Gasteiger partial charge in [0.15, 0.2) is 5.69 Å². The predicted octanol–water partition coefficient (Wildman–Crippen LogP) is 5.25. The van der Waals surface area contributed by atoms with Gasteiger partial charge in [0.2, 0.25) is 0 Å². The average Bonchev–Trinajstić information content (AvgIpc) is 3.26. The highest BCUT2D eigenvalue weighted by molar-refractivity contribution is 6.38. The number of rotatable bonds is 2. The van der Waals surface area contributed by atoms with Crippen molar-refractivity contribution in [3.8, 4) is 11.8 Å². The SMILES string of the molecule is N#Cc1nn(-c2c(Cl)cc(C(F)(F)F)cc2Cl)c(N)c1C1(C(F)(F)F)CC1. The molecule has 0 bridgehead atoms. The first-order chi connectivity index (χ1) is 12.3. The lowest BCUT2D eigenvalue weighted by Crippen LogP contribution is -2.30. The van der Waals surface area contributed by atoms with Crippen molar-refractivity contribution in [3.63, 3.8) is 0 Å². The number of aromatic nitrogens is 2. The Bertz CT molecular complexity index is 943. The maximum atomic E-state index is 13.5. The van der Waals surface area contributed by atoms with E-state index in [1.165, 1.54) is 0 Å². The molecule has 12 heteroatoms. The number of halogens is 8. The molecule has 3 rings (SSSR count). The summed E-state index contributed by atoms with van der Waals surface area (Å²) in [4.78, 5) is 0. The summed E-state index contributed by atoms with van der Waals surface area (Å²) in [5, 5.41) is 11.8. The van der Waals surface area contributed by atoms with Crippen molar-refractivity contribution in [3.05, 3.63) is 39.0 Å². The van der Waals surface area contributed by atoms with E-state index in [1.807, 2.05) is 0 Å². The van der Waals surface area contributed by atoms with Crippen molar-refractivity contribution >= 4 is 29.0 Å². The molecule has 0 unspecified atom stereocenters. The summed E-state index contributed by atoms with van der Waals surface area (Å²) < 4.78 is 79.6. The van der Waals surface area contributed by atoms with Crippen LogP contribution in [0.1, 0.15) is 29.7 Å². The number of nitriles is 1. The van der Waals surface area contributed by atoms with Crippen LogP contribution >= 0.6 is 23.2 Å². The third-order valence-electron chi connectivity index (χ3n) is 4.35. The minimum Gasteiger partial charge on any atom is -0.383 e. The van der Waals surface area contributed by atoms with Crippen LogP contribution in [0.5, 0.6) is 0 Å². The summed E-state index contributed by atoms with van der Waals surface area (Å²) in [6, 6.07) is 2.64. The lowest BCUT2D eigenvalue weighted by atomic mass is 9.95. The van der Waals surface area contributed by atoms with Crippen molar-refractivity contribution in [1.82, 2.24) is 9.78 Å². The van der Waals surface area contributed by atoms with Gasteiger partial charge in [-0.1, -0.05) is 23.2 Å². The summed E-state index contributed by atoms with van der Waals surface area (Å²) >= 11 is 11.7. The van der Waals surface area contributed by atoms with Crippen molar-refractivity contribution in [2.75, 3.05) is 5.73 Å². The molecule has 4 nitrogen and oxygen atoms in total. The number of alkyl halides is 6. The monoisotopic (exact) mass is 428 g/mol. The molecule has 1 aliphatic carbocycles. The number of anilines is 1. The summed E-state index contributed by atoms with van der Waals surface area (Å²) in [5.41, 5.74) is 0.885. The van der Waals surface area contributed by atoms with E-state index in [-0.39, 0.29) is 18.5 Å². The maximum Gasteiger partial charge on any atom is 0.416 e. The van der Waals surface area contributed by atoms with Gasteiger partial charge in [0.05, 0.1) is 21.0 Å². The molecule has 1 aliphatic rings. The van der Waals surface area contributed by atoms with Gasteiger partial charge in [0, 0.05) is 5.56 Å². The van der Waals surface area contributed by atoms with E-state index in [4.69, 9.17) is 28.9 Å². The molecule has 2 N–H and O–H groups in total. The largest absolute Gasteiger partial charge is 0.416 e. The van der Waals surface area contributed by atoms with Gasteiger partial charge in [0.25, 0.3) is 0 Å². The van der Waals surface area contributed by atoms with Crippen LogP contribution in [-0.4, -0.2) is 16.0 Å². The zero-order valence-corrected chi connectivity index (χ0v) is 14.5. The van der Waals surface area contributed by atoms with E-state index in [1.54, 1.807) is 6.07 Å². The molecule has 0 spiro atoms. The summed E-state index contributed by atoms with van der Waals surface area (Å²) in [5.74, 6) is -0.551. The van der Waals surface area contributed by atoms with Crippen LogP contribution in [0.3, 0.4) is 0 Å². The van der Waals surface area contributed by atoms with Crippen LogP contribution < -0.4 is 5.73 Å². The molecule has 1 fully saturated rings. The zero-order valence-electron chi connectivity index (χ0n) is 13.0. The summed E-state index contributed by atoms with van der Waals surface area (Å²) in [7, 11) is 0. The third-order valence-corrected chi connectivity index (χ3v) is 4.93. The van der Waals surface area contributed by atoms with Crippen LogP contribution in [0.4, 0.5) is 32.2 Å². The lowest BCUT2D eigenvalue weighted by molar-refractivity contribution is -0.160. The molecule has 0 saturated heterocycles. The van der Waals surface area contributed by atoms with E-state index in [9.17, 15) is 31.6 Å². The van der Waals surface area contributed by atoms with Gasteiger partial charge in [0.1, 0.15) is 17.6 Å². The summed E-state index contributed by atoms with van der Waals surface area (Å²) in [6.07, 6.45) is -9.97. The number of nitrogens with zero attached hydrogens (tertiary/aromatic N) is 3. The van der Waals surface area contributed by atoms with Gasteiger partial charge in [-0.05, 0) is 25.0 Å². The van der Waals surface area contributed by atoms with E-state index >= 15 is 0 Å². The second kappa shape index (κ2) is 5.94. The number of nitrogen functional groups attached to an aromatic ring is 1. The Hall–Kier alpha value is -2.12. The Kier molecular flexibility index (Phi) is 4.32. The van der Waals surface area contributed by atoms with Crippen LogP contribution in [0.25, 0.3) is 5.69 Å². The first-order valence-electron chi connectivity index (χ1n) is 7.26. The molecule has 1 saturated carbocycles. The molecule has 144 valence electrons. The minimum absolute atomic E-state index is 0.282. The Morgan fingerprint density at radius 2 is 1.63 bits per heavy atom. The van der Waals surface area contributed by atoms with Crippen LogP contribution in [0.15, 0.2) is 12.1 Å². The standard InChI is InChI=1S/C15H8Cl2F6N4/c16-7-3-6(14(18,19)20)4-8(17)11(7)27-12(25)10(9(5-24)26-27)13(1-2-13)15(21,22)23/h3-4H,1-2,25H2. The maximum absolute atomic E-state index is 13.5. The van der Waals surface area contributed by atoms with Gasteiger partial charge < -0.3 is 5.73 Å². The molecule has 1 aromatic carbocycles. The van der Waals surface area contributed by atoms with Gasteiger partial charge in [-0.25, -0.2) is 4.68 Å². The lowest BCUT2D eigenvalue weighted by Gasteiger charge is -2.19. The van der Waals surface area contributed by atoms with Gasteiger partial charge in [-0.3, -0.25) is 0 Å². The third kappa shape index (κ3) is 2.99. The van der Waals surface area contributed by atoms with Gasteiger partial charge in [-0.2, -0.15) is 36.7 Å². The highest BCUT2D eigenvalue weighted by Gasteiger charge is 2.66.